The summed E-state index contributed by atoms with van der Waals surface area (Å²) in [4.78, 5) is 16.8. The lowest BCUT2D eigenvalue weighted by atomic mass is 10.1. The Labute approximate surface area is 137 Å². The van der Waals surface area contributed by atoms with Crippen LogP contribution in [0.2, 0.25) is 0 Å². The maximum atomic E-state index is 12.5. The maximum Gasteiger partial charge on any atom is 0.244 e. The molecule has 0 spiro atoms. The van der Waals surface area contributed by atoms with Gasteiger partial charge in [0.25, 0.3) is 0 Å². The van der Waals surface area contributed by atoms with Gasteiger partial charge < -0.3 is 10.6 Å². The van der Waals surface area contributed by atoms with Crippen molar-refractivity contribution in [2.75, 3.05) is 26.2 Å². The van der Waals surface area contributed by atoms with Gasteiger partial charge in [-0.3, -0.25) is 9.69 Å². The Bertz CT molecular complexity index is 622. The number of nitrogens with two attached hydrogens (primary N) is 1. The number of nitrogens with zero attached hydrogens (tertiary/aromatic N) is 2. The van der Waals surface area contributed by atoms with Crippen LogP contribution >= 0.6 is 0 Å². The standard InChI is InChI=1S/C19H23N3O/c20-18(17-9-5-2-6-10-17)19(23)22-13-11-21(12-14-22)15-16-7-3-1-4-8-16/h1-10,18H,11-15,20H2/t18-/m0/s1. The van der Waals surface area contributed by atoms with Crippen LogP contribution in [0.5, 0.6) is 0 Å². The lowest BCUT2D eigenvalue weighted by Gasteiger charge is -2.36. The first kappa shape index (κ1) is 15.7. The van der Waals surface area contributed by atoms with Crippen molar-refractivity contribution < 1.29 is 4.79 Å². The Kier molecular flexibility index (Phi) is 5.05. The van der Waals surface area contributed by atoms with Crippen molar-refractivity contribution in [1.29, 1.82) is 0 Å². The highest BCUT2D eigenvalue weighted by molar-refractivity contribution is 5.83. The molecule has 2 N–H and O–H groups in total. The second kappa shape index (κ2) is 7.40. The third-order valence-corrected chi connectivity index (χ3v) is 4.36. The predicted molar refractivity (Wildman–Crippen MR) is 91.7 cm³/mol. The minimum atomic E-state index is -0.558. The third-order valence-electron chi connectivity index (χ3n) is 4.36. The van der Waals surface area contributed by atoms with E-state index in [-0.39, 0.29) is 5.91 Å². The zero-order chi connectivity index (χ0) is 16.1. The molecule has 2 aromatic rings. The lowest BCUT2D eigenvalue weighted by molar-refractivity contribution is -0.134. The SMILES string of the molecule is N[C@H](C(=O)N1CCN(Cc2ccccc2)CC1)c1ccccc1. The summed E-state index contributed by atoms with van der Waals surface area (Å²) in [6, 6.07) is 19.5. The number of benzene rings is 2. The van der Waals surface area contributed by atoms with Gasteiger partial charge in [0.1, 0.15) is 6.04 Å². The molecule has 1 atom stereocenters. The normalized spacial score (nSPS) is 17.0. The highest BCUT2D eigenvalue weighted by Gasteiger charge is 2.25. The van der Waals surface area contributed by atoms with E-state index in [0.717, 1.165) is 38.3 Å². The molecule has 1 aliphatic rings. The van der Waals surface area contributed by atoms with Gasteiger partial charge in [0.2, 0.25) is 5.91 Å². The molecular formula is C19H23N3O. The minimum absolute atomic E-state index is 0.0237. The van der Waals surface area contributed by atoms with Crippen LogP contribution in [-0.4, -0.2) is 41.9 Å². The summed E-state index contributed by atoms with van der Waals surface area (Å²) in [5, 5.41) is 0. The van der Waals surface area contributed by atoms with Gasteiger partial charge in [0.05, 0.1) is 0 Å². The molecule has 0 unspecified atom stereocenters. The van der Waals surface area contributed by atoms with Crippen LogP contribution in [0.15, 0.2) is 60.7 Å². The van der Waals surface area contributed by atoms with Crippen LogP contribution in [0.4, 0.5) is 0 Å². The molecule has 0 bridgehead atoms. The smallest absolute Gasteiger partial charge is 0.244 e. The molecule has 2 aromatic carbocycles. The van der Waals surface area contributed by atoms with Crippen LogP contribution < -0.4 is 5.73 Å². The maximum absolute atomic E-state index is 12.5. The fourth-order valence-electron chi connectivity index (χ4n) is 2.97. The summed E-state index contributed by atoms with van der Waals surface area (Å²) in [6.07, 6.45) is 0. The lowest BCUT2D eigenvalue weighted by Crippen LogP contribution is -2.50. The van der Waals surface area contributed by atoms with E-state index in [1.807, 2.05) is 41.3 Å². The van der Waals surface area contributed by atoms with E-state index in [2.05, 4.69) is 29.2 Å². The van der Waals surface area contributed by atoms with Gasteiger partial charge >= 0.3 is 0 Å². The molecule has 1 amide bonds. The molecule has 1 heterocycles. The number of amides is 1. The van der Waals surface area contributed by atoms with Crippen LogP contribution in [0.3, 0.4) is 0 Å². The van der Waals surface area contributed by atoms with E-state index >= 15 is 0 Å². The Hall–Kier alpha value is -2.17. The van der Waals surface area contributed by atoms with Crippen LogP contribution in [0.1, 0.15) is 17.2 Å². The van der Waals surface area contributed by atoms with E-state index < -0.39 is 6.04 Å². The first-order chi connectivity index (χ1) is 11.2. The van der Waals surface area contributed by atoms with Gasteiger partial charge in [0.15, 0.2) is 0 Å². The van der Waals surface area contributed by atoms with Crippen molar-refractivity contribution in [3.63, 3.8) is 0 Å². The van der Waals surface area contributed by atoms with E-state index in [1.165, 1.54) is 5.56 Å². The number of carbonyl (C=O) groups is 1. The predicted octanol–water partition coefficient (Wildman–Crippen LogP) is 2.03. The van der Waals surface area contributed by atoms with Crippen LogP contribution in [0, 0.1) is 0 Å². The molecule has 23 heavy (non-hydrogen) atoms. The second-order valence-electron chi connectivity index (χ2n) is 5.98. The van der Waals surface area contributed by atoms with Gasteiger partial charge in [-0.05, 0) is 11.1 Å². The highest BCUT2D eigenvalue weighted by Crippen LogP contribution is 2.15. The molecule has 0 saturated carbocycles. The Morgan fingerprint density at radius 3 is 2.09 bits per heavy atom. The number of piperazine rings is 1. The molecule has 120 valence electrons. The molecule has 4 heteroatoms. The molecular weight excluding hydrogens is 286 g/mol. The summed E-state index contributed by atoms with van der Waals surface area (Å²) in [7, 11) is 0. The summed E-state index contributed by atoms with van der Waals surface area (Å²) in [6.45, 7) is 4.20. The fourth-order valence-corrected chi connectivity index (χ4v) is 2.97. The number of hydrogen-bond donors (Lipinski definition) is 1. The molecule has 0 aromatic heterocycles. The third kappa shape index (κ3) is 3.97. The van der Waals surface area contributed by atoms with Gasteiger partial charge in [-0.1, -0.05) is 60.7 Å². The van der Waals surface area contributed by atoms with Gasteiger partial charge in [0, 0.05) is 32.7 Å². The van der Waals surface area contributed by atoms with Gasteiger partial charge in [-0.2, -0.15) is 0 Å². The molecule has 4 nitrogen and oxygen atoms in total. The number of hydrogen-bond acceptors (Lipinski definition) is 3. The molecule has 1 aliphatic heterocycles. The van der Waals surface area contributed by atoms with Gasteiger partial charge in [-0.15, -0.1) is 0 Å². The van der Waals surface area contributed by atoms with Gasteiger partial charge in [-0.25, -0.2) is 0 Å². The zero-order valence-electron chi connectivity index (χ0n) is 13.3. The average Bonchev–Trinajstić information content (AvgIpc) is 2.63. The molecule has 1 saturated heterocycles. The topological polar surface area (TPSA) is 49.6 Å². The van der Waals surface area contributed by atoms with E-state index in [9.17, 15) is 4.79 Å². The van der Waals surface area contributed by atoms with E-state index in [4.69, 9.17) is 5.73 Å². The monoisotopic (exact) mass is 309 g/mol. The average molecular weight is 309 g/mol. The van der Waals surface area contributed by atoms with Crippen molar-refractivity contribution in [1.82, 2.24) is 9.80 Å². The van der Waals surface area contributed by atoms with Crippen molar-refractivity contribution in [3.05, 3.63) is 71.8 Å². The van der Waals surface area contributed by atoms with Crippen molar-refractivity contribution in [2.45, 2.75) is 12.6 Å². The minimum Gasteiger partial charge on any atom is -0.338 e. The van der Waals surface area contributed by atoms with Crippen molar-refractivity contribution >= 4 is 5.91 Å². The second-order valence-corrected chi connectivity index (χ2v) is 5.98. The Balaban J connectivity index is 1.53. The van der Waals surface area contributed by atoms with Crippen LogP contribution in [0.25, 0.3) is 0 Å². The largest absolute Gasteiger partial charge is 0.338 e. The Morgan fingerprint density at radius 1 is 0.913 bits per heavy atom. The quantitative estimate of drug-likeness (QED) is 0.940. The first-order valence-electron chi connectivity index (χ1n) is 8.09. The molecule has 0 radical (unpaired) electrons. The fraction of sp³-hybridized carbons (Fsp3) is 0.316. The summed E-state index contributed by atoms with van der Waals surface area (Å²) in [5.74, 6) is 0.0237. The number of carbonyl (C=O) groups excluding carboxylic acids is 1. The van der Waals surface area contributed by atoms with E-state index in [0.29, 0.717) is 0 Å². The summed E-state index contributed by atoms with van der Waals surface area (Å²) in [5.41, 5.74) is 8.31. The first-order valence-corrected chi connectivity index (χ1v) is 8.09. The highest BCUT2D eigenvalue weighted by atomic mass is 16.2. The van der Waals surface area contributed by atoms with E-state index in [1.54, 1.807) is 0 Å². The van der Waals surface area contributed by atoms with Crippen molar-refractivity contribution in [3.8, 4) is 0 Å². The summed E-state index contributed by atoms with van der Waals surface area (Å²) < 4.78 is 0. The summed E-state index contributed by atoms with van der Waals surface area (Å²) >= 11 is 0. The van der Waals surface area contributed by atoms with Crippen molar-refractivity contribution in [2.24, 2.45) is 5.73 Å². The molecule has 3 rings (SSSR count). The Morgan fingerprint density at radius 2 is 1.48 bits per heavy atom. The zero-order valence-corrected chi connectivity index (χ0v) is 13.3. The number of rotatable bonds is 4. The molecule has 0 aliphatic carbocycles. The molecule has 1 fully saturated rings. The van der Waals surface area contributed by atoms with Crippen LogP contribution in [-0.2, 0) is 11.3 Å².